The molecule has 1 unspecified atom stereocenters. The second-order valence-electron chi connectivity index (χ2n) is 13.8. The molecule has 2 saturated heterocycles. The number of nitrogens with two attached hydrogens (primary N) is 1. The molecule has 0 aromatic heterocycles. The fourth-order valence-electron chi connectivity index (χ4n) is 6.27. The van der Waals surface area contributed by atoms with Crippen LogP contribution in [-0.2, 0) is 23.9 Å². The minimum absolute atomic E-state index is 0.0319. The molecule has 2 aliphatic heterocycles. The zero-order valence-corrected chi connectivity index (χ0v) is 23.9. The number of halogens is 2. The summed E-state index contributed by atoms with van der Waals surface area (Å²) in [6, 6.07) is -3.12. The van der Waals surface area contributed by atoms with Crippen LogP contribution in [0.3, 0.4) is 0 Å². The Kier molecular flexibility index (Phi) is 7.37. The number of hydrogen-bond donors (Lipinski definition) is 4. The van der Waals surface area contributed by atoms with Crippen LogP contribution in [0.2, 0.25) is 0 Å². The number of alkyl halides is 2. The van der Waals surface area contributed by atoms with Crippen molar-refractivity contribution in [3.63, 3.8) is 0 Å². The van der Waals surface area contributed by atoms with Gasteiger partial charge in [0.15, 0.2) is 0 Å². The molecule has 5 N–H and O–H groups in total. The number of hydrogen-bond acceptors (Lipinski definition) is 6. The molecular weight excluding hydrogens is 528 g/mol. The van der Waals surface area contributed by atoms with Crippen LogP contribution in [0.4, 0.5) is 13.6 Å². The number of piperidine rings is 1. The van der Waals surface area contributed by atoms with Crippen LogP contribution in [-0.4, -0.2) is 78.4 Å². The van der Waals surface area contributed by atoms with Gasteiger partial charge >= 0.3 is 6.09 Å². The van der Waals surface area contributed by atoms with Crippen molar-refractivity contribution in [3.8, 4) is 0 Å². The number of fused-ring (bicyclic) bond motifs is 1. The van der Waals surface area contributed by atoms with E-state index < -0.39 is 71.2 Å². The highest BCUT2D eigenvalue weighted by atomic mass is 19.3. The van der Waals surface area contributed by atoms with E-state index in [-0.39, 0.29) is 42.5 Å². The summed E-state index contributed by atoms with van der Waals surface area (Å²) >= 11 is 0. The van der Waals surface area contributed by atoms with Crippen molar-refractivity contribution in [3.05, 3.63) is 0 Å². The molecule has 0 aromatic carbocycles. The van der Waals surface area contributed by atoms with Gasteiger partial charge in [-0.15, -0.1) is 0 Å². The summed E-state index contributed by atoms with van der Waals surface area (Å²) in [5.41, 5.74) is 3.11. The first kappa shape index (κ1) is 30.0. The predicted molar refractivity (Wildman–Crippen MR) is 139 cm³/mol. The van der Waals surface area contributed by atoms with Gasteiger partial charge in [0.25, 0.3) is 5.92 Å². The Balaban J connectivity index is 1.48. The molecule has 0 aromatic rings. The lowest BCUT2D eigenvalue weighted by Crippen LogP contribution is -2.60. The van der Waals surface area contributed by atoms with Gasteiger partial charge in [-0.1, -0.05) is 41.5 Å². The summed E-state index contributed by atoms with van der Waals surface area (Å²) in [7, 11) is 0. The molecule has 2 heterocycles. The van der Waals surface area contributed by atoms with Gasteiger partial charge in [-0.3, -0.25) is 19.2 Å². The predicted octanol–water partition coefficient (Wildman–Crippen LogP) is 1.15. The van der Waals surface area contributed by atoms with E-state index in [4.69, 9.17) is 10.5 Å². The van der Waals surface area contributed by atoms with Crippen LogP contribution in [0.5, 0.6) is 0 Å². The van der Waals surface area contributed by atoms with Gasteiger partial charge in [-0.05, 0) is 35.5 Å². The maximum absolute atomic E-state index is 13.9. The third-order valence-corrected chi connectivity index (χ3v) is 9.37. The molecule has 2 aliphatic carbocycles. The van der Waals surface area contributed by atoms with Crippen LogP contribution in [0.1, 0.15) is 60.8 Å². The minimum Gasteiger partial charge on any atom is -0.449 e. The standard InChI is InChI=1S/C27H41F2N5O6/c1-24(2,3)18(33-23(39)40-12-26(6)11-27(26,28)29)22(38)34-10-14-16(25(14,4)5)17(34)21(37)32-15(19(30)35)9-13-7-8-31-20(13)36/h13-18H,7-12H2,1-6H3,(H2,30,35)(H,31,36)(H,32,37)(H,33,39)/t13-,14-,15-,16-,17-,18+,26?/m0/s1. The molecule has 4 rings (SSSR count). The SMILES string of the molecule is CC(C)(C)[C@H](NC(=O)OCC1(C)CC1(F)F)C(=O)N1C[C@H]2[C@@H]([C@H]1C(=O)N[C@@H](C[C@@H]1CCNC1=O)C(N)=O)C2(C)C. The highest BCUT2D eigenvalue weighted by molar-refractivity contribution is 5.95. The molecule has 13 heteroatoms. The lowest BCUT2D eigenvalue weighted by molar-refractivity contribution is -0.144. The average Bonchev–Trinajstić information content (AvgIpc) is 3.29. The second-order valence-corrected chi connectivity index (χ2v) is 13.8. The van der Waals surface area contributed by atoms with Crippen molar-refractivity contribution in [2.75, 3.05) is 19.7 Å². The van der Waals surface area contributed by atoms with E-state index in [0.29, 0.717) is 13.0 Å². The van der Waals surface area contributed by atoms with E-state index >= 15 is 0 Å². The monoisotopic (exact) mass is 569 g/mol. The number of ether oxygens (including phenoxy) is 1. The molecule has 0 bridgehead atoms. The summed E-state index contributed by atoms with van der Waals surface area (Å²) in [6.07, 6.45) is -0.793. The minimum atomic E-state index is -2.90. The van der Waals surface area contributed by atoms with E-state index in [0.717, 1.165) is 0 Å². The first-order chi connectivity index (χ1) is 18.3. The number of rotatable bonds is 9. The second kappa shape index (κ2) is 9.83. The lowest BCUT2D eigenvalue weighted by Gasteiger charge is -2.37. The van der Waals surface area contributed by atoms with Crippen LogP contribution in [0.25, 0.3) is 0 Å². The van der Waals surface area contributed by atoms with Crippen LogP contribution >= 0.6 is 0 Å². The molecule has 7 atom stereocenters. The Labute approximate surface area is 232 Å². The first-order valence-electron chi connectivity index (χ1n) is 13.8. The van der Waals surface area contributed by atoms with Crippen LogP contribution in [0, 0.1) is 34.0 Å². The zero-order chi connectivity index (χ0) is 30.0. The maximum Gasteiger partial charge on any atom is 0.407 e. The Hall–Kier alpha value is -2.99. The molecule has 4 aliphatic rings. The summed E-state index contributed by atoms with van der Waals surface area (Å²) in [5, 5.41) is 7.92. The topological polar surface area (TPSA) is 160 Å². The number of nitrogens with zero attached hydrogens (tertiary/aromatic N) is 1. The van der Waals surface area contributed by atoms with Crippen molar-refractivity contribution in [1.29, 1.82) is 0 Å². The fourth-order valence-corrected chi connectivity index (χ4v) is 6.27. The number of carbonyl (C=O) groups excluding carboxylic acids is 5. The molecular formula is C27H41F2N5O6. The summed E-state index contributed by atoms with van der Waals surface area (Å²) in [5.74, 6) is -5.54. The van der Waals surface area contributed by atoms with Crippen LogP contribution < -0.4 is 21.7 Å². The average molecular weight is 570 g/mol. The Morgan fingerprint density at radius 2 is 1.80 bits per heavy atom. The van der Waals surface area contributed by atoms with E-state index in [2.05, 4.69) is 16.0 Å². The van der Waals surface area contributed by atoms with Crippen molar-refractivity contribution in [1.82, 2.24) is 20.9 Å². The van der Waals surface area contributed by atoms with Crippen molar-refractivity contribution in [2.24, 2.45) is 39.7 Å². The Bertz CT molecular complexity index is 1110. The van der Waals surface area contributed by atoms with E-state index in [9.17, 15) is 32.8 Å². The molecule has 2 saturated carbocycles. The number of nitrogens with one attached hydrogen (secondary N) is 3. The number of alkyl carbamates (subject to hydrolysis) is 1. The Morgan fingerprint density at radius 1 is 1.18 bits per heavy atom. The van der Waals surface area contributed by atoms with Crippen molar-refractivity contribution < 1.29 is 37.5 Å². The highest BCUT2D eigenvalue weighted by Gasteiger charge is 2.70. The molecule has 4 fully saturated rings. The smallest absolute Gasteiger partial charge is 0.407 e. The fraction of sp³-hybridized carbons (Fsp3) is 0.815. The van der Waals surface area contributed by atoms with Gasteiger partial charge in [-0.25, -0.2) is 13.6 Å². The van der Waals surface area contributed by atoms with Crippen molar-refractivity contribution in [2.45, 2.75) is 84.9 Å². The number of primary amides is 1. The largest absolute Gasteiger partial charge is 0.449 e. The summed E-state index contributed by atoms with van der Waals surface area (Å²) in [4.78, 5) is 65.8. The molecule has 0 radical (unpaired) electrons. The normalized spacial score (nSPS) is 32.8. The molecule has 5 amide bonds. The molecule has 0 spiro atoms. The quantitative estimate of drug-likeness (QED) is 0.326. The lowest BCUT2D eigenvalue weighted by atomic mass is 9.85. The van der Waals surface area contributed by atoms with Gasteiger partial charge in [-0.2, -0.15) is 0 Å². The van der Waals surface area contributed by atoms with Gasteiger partial charge < -0.3 is 31.3 Å². The molecule has 11 nitrogen and oxygen atoms in total. The zero-order valence-electron chi connectivity index (χ0n) is 23.9. The summed E-state index contributed by atoms with van der Waals surface area (Å²) in [6.45, 7) is 10.8. The van der Waals surface area contributed by atoms with Gasteiger partial charge in [0.1, 0.15) is 24.7 Å². The van der Waals surface area contributed by atoms with Gasteiger partial charge in [0.2, 0.25) is 23.6 Å². The van der Waals surface area contributed by atoms with Crippen molar-refractivity contribution >= 4 is 29.7 Å². The highest BCUT2D eigenvalue weighted by Crippen LogP contribution is 2.65. The maximum atomic E-state index is 13.9. The van der Waals surface area contributed by atoms with Gasteiger partial charge in [0.05, 0.1) is 5.41 Å². The first-order valence-corrected chi connectivity index (χ1v) is 13.8. The van der Waals surface area contributed by atoms with E-state index in [1.54, 1.807) is 20.8 Å². The third kappa shape index (κ3) is 5.47. The number of likely N-dealkylation sites (tertiary alicyclic amines) is 1. The van der Waals surface area contributed by atoms with Gasteiger partial charge in [0, 0.05) is 25.4 Å². The summed E-state index contributed by atoms with van der Waals surface area (Å²) < 4.78 is 32.2. The van der Waals surface area contributed by atoms with E-state index in [1.807, 2.05) is 13.8 Å². The number of amides is 5. The number of carbonyl (C=O) groups is 5. The molecule has 224 valence electrons. The Morgan fingerprint density at radius 3 is 2.30 bits per heavy atom. The third-order valence-electron chi connectivity index (χ3n) is 9.37. The van der Waals surface area contributed by atoms with Crippen LogP contribution in [0.15, 0.2) is 0 Å². The van der Waals surface area contributed by atoms with E-state index in [1.165, 1.54) is 11.8 Å². The molecule has 40 heavy (non-hydrogen) atoms.